The van der Waals surface area contributed by atoms with E-state index >= 15 is 0 Å². The van der Waals surface area contributed by atoms with E-state index in [9.17, 15) is 4.79 Å². The smallest absolute Gasteiger partial charge is 0.302 e. The Morgan fingerprint density at radius 3 is 2.39 bits per heavy atom. The highest BCUT2D eigenvalue weighted by Crippen LogP contribution is 2.18. The molecule has 23 heavy (non-hydrogen) atoms. The molecule has 0 aliphatic rings. The molecule has 0 radical (unpaired) electrons. The van der Waals surface area contributed by atoms with Crippen molar-refractivity contribution in [2.24, 2.45) is 0 Å². The van der Waals surface area contributed by atoms with Crippen molar-refractivity contribution in [2.45, 2.75) is 39.7 Å². The van der Waals surface area contributed by atoms with Crippen molar-refractivity contribution in [2.75, 3.05) is 6.61 Å². The van der Waals surface area contributed by atoms with E-state index in [1.807, 2.05) is 26.0 Å². The molecule has 0 amide bonds. The molecule has 5 heteroatoms. The van der Waals surface area contributed by atoms with E-state index < -0.39 is 0 Å². The lowest BCUT2D eigenvalue weighted by Crippen LogP contribution is -2.12. The summed E-state index contributed by atoms with van der Waals surface area (Å²) in [7, 11) is 0. The molecular weight excluding hydrogens is 292 g/mol. The number of esters is 1. The average molecular weight is 314 g/mol. The van der Waals surface area contributed by atoms with E-state index in [1.54, 1.807) is 12.4 Å². The van der Waals surface area contributed by atoms with Gasteiger partial charge in [0.25, 0.3) is 0 Å². The standard InChI is InChI=1S/C18H22N2O3/c1-4-22-17-11-19-18(20-12-17)16-9-7-15(8-10-16)6-5-13(2)23-14(3)21/h7-13H,4-6H2,1-3H3. The highest BCUT2D eigenvalue weighted by atomic mass is 16.5. The quantitative estimate of drug-likeness (QED) is 0.733. The third kappa shape index (κ3) is 5.36. The monoisotopic (exact) mass is 314 g/mol. The minimum absolute atomic E-state index is 0.0679. The van der Waals surface area contributed by atoms with Gasteiger partial charge in [-0.05, 0) is 32.3 Å². The fourth-order valence-corrected chi connectivity index (χ4v) is 2.24. The van der Waals surface area contributed by atoms with E-state index in [0.29, 0.717) is 18.2 Å². The van der Waals surface area contributed by atoms with Gasteiger partial charge < -0.3 is 9.47 Å². The van der Waals surface area contributed by atoms with E-state index in [2.05, 4.69) is 22.1 Å². The maximum Gasteiger partial charge on any atom is 0.302 e. The lowest BCUT2D eigenvalue weighted by molar-refractivity contribution is -0.145. The third-order valence-electron chi connectivity index (χ3n) is 3.36. The average Bonchev–Trinajstić information content (AvgIpc) is 2.54. The molecule has 1 aromatic carbocycles. The van der Waals surface area contributed by atoms with E-state index in [0.717, 1.165) is 18.4 Å². The highest BCUT2D eigenvalue weighted by Gasteiger charge is 2.07. The summed E-state index contributed by atoms with van der Waals surface area (Å²) in [5.41, 5.74) is 2.16. The number of nitrogens with zero attached hydrogens (tertiary/aromatic N) is 2. The molecule has 0 N–H and O–H groups in total. The molecule has 0 saturated heterocycles. The Morgan fingerprint density at radius 1 is 1.17 bits per heavy atom. The van der Waals surface area contributed by atoms with E-state index in [-0.39, 0.29) is 12.1 Å². The second kappa shape index (κ2) is 8.27. The molecule has 122 valence electrons. The SMILES string of the molecule is CCOc1cnc(-c2ccc(CCC(C)OC(C)=O)cc2)nc1. The van der Waals surface area contributed by atoms with Crippen molar-refractivity contribution >= 4 is 5.97 Å². The van der Waals surface area contributed by atoms with Gasteiger partial charge in [-0.3, -0.25) is 4.79 Å². The molecule has 1 aromatic heterocycles. The molecule has 2 rings (SSSR count). The fraction of sp³-hybridized carbons (Fsp3) is 0.389. The third-order valence-corrected chi connectivity index (χ3v) is 3.36. The van der Waals surface area contributed by atoms with Crippen molar-refractivity contribution in [1.82, 2.24) is 9.97 Å². The van der Waals surface area contributed by atoms with Gasteiger partial charge in [-0.1, -0.05) is 24.3 Å². The topological polar surface area (TPSA) is 61.3 Å². The van der Waals surface area contributed by atoms with Gasteiger partial charge in [0.2, 0.25) is 0 Å². The van der Waals surface area contributed by atoms with Crippen molar-refractivity contribution in [3.63, 3.8) is 0 Å². The molecule has 0 spiro atoms. The zero-order valence-electron chi connectivity index (χ0n) is 13.8. The molecule has 1 heterocycles. The second-order valence-corrected chi connectivity index (χ2v) is 5.33. The van der Waals surface area contributed by atoms with Gasteiger partial charge in [-0.25, -0.2) is 9.97 Å². The van der Waals surface area contributed by atoms with Gasteiger partial charge in [0.05, 0.1) is 25.1 Å². The summed E-state index contributed by atoms with van der Waals surface area (Å²) in [5.74, 6) is 1.11. The Kier molecular flexibility index (Phi) is 6.09. The lowest BCUT2D eigenvalue weighted by atomic mass is 10.1. The summed E-state index contributed by atoms with van der Waals surface area (Å²) in [6.07, 6.45) is 4.96. The zero-order valence-corrected chi connectivity index (χ0v) is 13.8. The number of carbonyl (C=O) groups excluding carboxylic acids is 1. The molecule has 0 saturated carbocycles. The minimum Gasteiger partial charge on any atom is -0.491 e. The number of ether oxygens (including phenoxy) is 2. The van der Waals surface area contributed by atoms with Gasteiger partial charge in [0, 0.05) is 12.5 Å². The Hall–Kier alpha value is -2.43. The number of hydrogen-bond donors (Lipinski definition) is 0. The zero-order chi connectivity index (χ0) is 16.7. The number of aromatic nitrogens is 2. The predicted molar refractivity (Wildman–Crippen MR) is 88.2 cm³/mol. The van der Waals surface area contributed by atoms with Gasteiger partial charge in [0.1, 0.15) is 0 Å². The van der Waals surface area contributed by atoms with Crippen LogP contribution in [0.5, 0.6) is 5.75 Å². The first-order chi connectivity index (χ1) is 11.1. The molecule has 5 nitrogen and oxygen atoms in total. The summed E-state index contributed by atoms with van der Waals surface area (Å²) in [5, 5.41) is 0. The molecule has 0 fully saturated rings. The van der Waals surface area contributed by atoms with Crippen LogP contribution in [-0.4, -0.2) is 28.6 Å². The predicted octanol–water partition coefficient (Wildman–Crippen LogP) is 3.43. The largest absolute Gasteiger partial charge is 0.491 e. The van der Waals surface area contributed by atoms with Gasteiger partial charge in [-0.2, -0.15) is 0 Å². The molecule has 1 atom stereocenters. The number of rotatable bonds is 7. The van der Waals surface area contributed by atoms with Crippen molar-refractivity contribution in [1.29, 1.82) is 0 Å². The van der Waals surface area contributed by atoms with Crippen molar-refractivity contribution < 1.29 is 14.3 Å². The number of carbonyl (C=O) groups is 1. The summed E-state index contributed by atoms with van der Waals surface area (Å²) >= 11 is 0. The van der Waals surface area contributed by atoms with Crippen LogP contribution in [0.1, 0.15) is 32.8 Å². The minimum atomic E-state index is -0.236. The molecule has 1 unspecified atom stereocenters. The Bertz CT molecular complexity index is 624. The first kappa shape index (κ1) is 16.9. The van der Waals surface area contributed by atoms with Crippen LogP contribution < -0.4 is 4.74 Å². The summed E-state index contributed by atoms with van der Waals surface area (Å²) in [4.78, 5) is 19.5. The van der Waals surface area contributed by atoms with E-state index in [4.69, 9.17) is 9.47 Å². The van der Waals surface area contributed by atoms with E-state index in [1.165, 1.54) is 12.5 Å². The summed E-state index contributed by atoms with van der Waals surface area (Å²) in [6, 6.07) is 8.11. The Labute approximate surface area is 136 Å². The van der Waals surface area contributed by atoms with Crippen LogP contribution >= 0.6 is 0 Å². The molecule has 0 bridgehead atoms. The highest BCUT2D eigenvalue weighted by molar-refractivity contribution is 5.66. The maximum atomic E-state index is 10.9. The van der Waals surface area contributed by atoms with Gasteiger partial charge in [0.15, 0.2) is 11.6 Å². The van der Waals surface area contributed by atoms with Crippen LogP contribution in [0.3, 0.4) is 0 Å². The molecule has 2 aromatic rings. The lowest BCUT2D eigenvalue weighted by Gasteiger charge is -2.11. The van der Waals surface area contributed by atoms with Crippen LogP contribution in [0.25, 0.3) is 11.4 Å². The molecule has 0 aliphatic heterocycles. The van der Waals surface area contributed by atoms with Gasteiger partial charge in [-0.15, -0.1) is 0 Å². The summed E-state index contributed by atoms with van der Waals surface area (Å²) < 4.78 is 10.5. The van der Waals surface area contributed by atoms with Crippen molar-refractivity contribution in [3.05, 3.63) is 42.2 Å². The Morgan fingerprint density at radius 2 is 1.83 bits per heavy atom. The number of benzene rings is 1. The van der Waals surface area contributed by atoms with Crippen LogP contribution in [0, 0.1) is 0 Å². The molecular formula is C18H22N2O3. The fourth-order valence-electron chi connectivity index (χ4n) is 2.24. The van der Waals surface area contributed by atoms with Crippen LogP contribution in [0.15, 0.2) is 36.7 Å². The first-order valence-electron chi connectivity index (χ1n) is 7.80. The normalized spacial score (nSPS) is 11.8. The maximum absolute atomic E-state index is 10.9. The van der Waals surface area contributed by atoms with Crippen molar-refractivity contribution in [3.8, 4) is 17.1 Å². The van der Waals surface area contributed by atoms with Crippen LogP contribution in [0.2, 0.25) is 0 Å². The first-order valence-corrected chi connectivity index (χ1v) is 7.80. The van der Waals surface area contributed by atoms with Crippen LogP contribution in [0.4, 0.5) is 0 Å². The summed E-state index contributed by atoms with van der Waals surface area (Å²) in [6.45, 7) is 5.86. The second-order valence-electron chi connectivity index (χ2n) is 5.33. The number of hydrogen-bond acceptors (Lipinski definition) is 5. The number of aryl methyl sites for hydroxylation is 1. The molecule has 0 aliphatic carbocycles. The van der Waals surface area contributed by atoms with Crippen LogP contribution in [-0.2, 0) is 16.0 Å². The van der Waals surface area contributed by atoms with Gasteiger partial charge >= 0.3 is 5.97 Å². The Balaban J connectivity index is 1.94.